The molecule has 0 aliphatic rings. The molecule has 0 aliphatic heterocycles. The van der Waals surface area contributed by atoms with Gasteiger partial charge in [0.1, 0.15) is 0 Å². The first-order valence-electron chi connectivity index (χ1n) is 5.88. The second kappa shape index (κ2) is 7.49. The Balaban J connectivity index is 3.08. The van der Waals surface area contributed by atoms with Crippen LogP contribution in [0, 0.1) is 0 Å². The number of thiol groups is 1. The number of benzene rings is 1. The van der Waals surface area contributed by atoms with E-state index in [-0.39, 0.29) is 5.75 Å². The van der Waals surface area contributed by atoms with Gasteiger partial charge in [0, 0.05) is 12.1 Å². The van der Waals surface area contributed by atoms with Crippen molar-refractivity contribution in [2.75, 3.05) is 37.6 Å². The molecule has 0 radical (unpaired) electrons. The quantitative estimate of drug-likeness (QED) is 0.714. The van der Waals surface area contributed by atoms with Crippen LogP contribution in [0.3, 0.4) is 0 Å². The molecule has 0 saturated heterocycles. The molecule has 1 rings (SSSR count). The third kappa shape index (κ3) is 4.38. The third-order valence-corrected chi connectivity index (χ3v) is 4.20. The Bertz CT molecular complexity index is 520. The van der Waals surface area contributed by atoms with Crippen molar-refractivity contribution in [3.8, 4) is 17.2 Å². The predicted octanol–water partition coefficient (Wildman–Crippen LogP) is 1.77. The maximum Gasteiger partial charge on any atom is 0.232 e. The zero-order chi connectivity index (χ0) is 15.2. The van der Waals surface area contributed by atoms with Crippen molar-refractivity contribution in [1.82, 2.24) is 0 Å². The van der Waals surface area contributed by atoms with E-state index in [2.05, 4.69) is 17.4 Å². The standard InChI is InChI=1S/C12H19NO5S2/c1-16-10-7-9(8-11(17-2)12(10)18-3)13-20(14,15)6-4-5-19/h7-8,13,19H,4-6H2,1-3H3. The fourth-order valence-corrected chi connectivity index (χ4v) is 3.10. The summed E-state index contributed by atoms with van der Waals surface area (Å²) in [7, 11) is 1.00. The van der Waals surface area contributed by atoms with Crippen molar-refractivity contribution in [3.05, 3.63) is 12.1 Å². The molecule has 114 valence electrons. The lowest BCUT2D eigenvalue weighted by atomic mass is 10.2. The molecule has 0 aromatic heterocycles. The Morgan fingerprint density at radius 1 is 1.10 bits per heavy atom. The number of hydrogen-bond donors (Lipinski definition) is 2. The third-order valence-electron chi connectivity index (χ3n) is 2.51. The van der Waals surface area contributed by atoms with Crippen LogP contribution in [0.4, 0.5) is 5.69 Å². The number of methoxy groups -OCH3 is 3. The largest absolute Gasteiger partial charge is 0.493 e. The van der Waals surface area contributed by atoms with Crippen LogP contribution in [0.5, 0.6) is 17.2 Å². The van der Waals surface area contributed by atoms with Gasteiger partial charge in [0.2, 0.25) is 15.8 Å². The van der Waals surface area contributed by atoms with Gasteiger partial charge in [-0.2, -0.15) is 12.6 Å². The van der Waals surface area contributed by atoms with Gasteiger partial charge in [-0.3, -0.25) is 4.72 Å². The maximum atomic E-state index is 11.9. The van der Waals surface area contributed by atoms with Gasteiger partial charge < -0.3 is 14.2 Å². The summed E-state index contributed by atoms with van der Waals surface area (Å²) < 4.78 is 41.7. The number of ether oxygens (including phenoxy) is 3. The van der Waals surface area contributed by atoms with Gasteiger partial charge in [-0.05, 0) is 12.2 Å². The van der Waals surface area contributed by atoms with Gasteiger partial charge in [-0.15, -0.1) is 0 Å². The minimum Gasteiger partial charge on any atom is -0.493 e. The molecule has 0 fully saturated rings. The van der Waals surface area contributed by atoms with Gasteiger partial charge in [0.25, 0.3) is 0 Å². The summed E-state index contributed by atoms with van der Waals surface area (Å²) in [6, 6.07) is 3.08. The van der Waals surface area contributed by atoms with Gasteiger partial charge in [-0.1, -0.05) is 0 Å². The highest BCUT2D eigenvalue weighted by atomic mass is 32.2. The Hall–Kier alpha value is -1.28. The van der Waals surface area contributed by atoms with Crippen LogP contribution in [-0.2, 0) is 10.0 Å². The van der Waals surface area contributed by atoms with E-state index in [9.17, 15) is 8.42 Å². The lowest BCUT2D eigenvalue weighted by Crippen LogP contribution is -2.17. The van der Waals surface area contributed by atoms with Gasteiger partial charge >= 0.3 is 0 Å². The lowest BCUT2D eigenvalue weighted by Gasteiger charge is -2.15. The molecule has 0 heterocycles. The molecule has 0 amide bonds. The van der Waals surface area contributed by atoms with Crippen LogP contribution in [0.1, 0.15) is 6.42 Å². The normalized spacial score (nSPS) is 11.0. The summed E-state index contributed by atoms with van der Waals surface area (Å²) in [6.07, 6.45) is 0.475. The van der Waals surface area contributed by atoms with Crippen molar-refractivity contribution in [2.45, 2.75) is 6.42 Å². The highest BCUT2D eigenvalue weighted by molar-refractivity contribution is 7.92. The molecular formula is C12H19NO5S2. The van der Waals surface area contributed by atoms with Crippen LogP contribution in [-0.4, -0.2) is 41.3 Å². The van der Waals surface area contributed by atoms with E-state index in [1.165, 1.54) is 21.3 Å². The van der Waals surface area contributed by atoms with E-state index in [4.69, 9.17) is 14.2 Å². The topological polar surface area (TPSA) is 73.9 Å². The predicted molar refractivity (Wildman–Crippen MR) is 82.0 cm³/mol. The van der Waals surface area contributed by atoms with Gasteiger partial charge in [0.15, 0.2) is 11.5 Å². The first-order chi connectivity index (χ1) is 9.47. The fourth-order valence-electron chi connectivity index (χ4n) is 1.63. The van der Waals surface area contributed by atoms with E-state index < -0.39 is 10.0 Å². The molecule has 8 heteroatoms. The molecular weight excluding hydrogens is 302 g/mol. The van der Waals surface area contributed by atoms with Crippen LogP contribution in [0.15, 0.2) is 12.1 Å². The molecule has 6 nitrogen and oxygen atoms in total. The smallest absolute Gasteiger partial charge is 0.232 e. The van der Waals surface area contributed by atoms with Crippen molar-refractivity contribution in [1.29, 1.82) is 0 Å². The zero-order valence-electron chi connectivity index (χ0n) is 11.7. The first kappa shape index (κ1) is 16.8. The molecule has 0 spiro atoms. The van der Waals surface area contributed by atoms with Crippen LogP contribution < -0.4 is 18.9 Å². The summed E-state index contributed by atoms with van der Waals surface area (Å²) in [4.78, 5) is 0. The van der Waals surface area contributed by atoms with Gasteiger partial charge in [0.05, 0.1) is 32.8 Å². The van der Waals surface area contributed by atoms with Crippen molar-refractivity contribution in [3.63, 3.8) is 0 Å². The Morgan fingerprint density at radius 3 is 2.05 bits per heavy atom. The van der Waals surface area contributed by atoms with E-state index in [0.717, 1.165) is 0 Å². The van der Waals surface area contributed by atoms with E-state index in [1.807, 2.05) is 0 Å². The maximum absolute atomic E-state index is 11.9. The van der Waals surface area contributed by atoms with Crippen LogP contribution >= 0.6 is 12.6 Å². The highest BCUT2D eigenvalue weighted by Crippen LogP contribution is 2.40. The Kier molecular flexibility index (Phi) is 6.28. The molecule has 1 aromatic rings. The first-order valence-corrected chi connectivity index (χ1v) is 8.17. The van der Waals surface area contributed by atoms with Crippen molar-refractivity contribution in [2.24, 2.45) is 0 Å². The Morgan fingerprint density at radius 2 is 1.65 bits per heavy atom. The molecule has 0 unspecified atom stereocenters. The second-order valence-corrected chi connectivity index (χ2v) is 6.20. The second-order valence-electron chi connectivity index (χ2n) is 3.91. The van der Waals surface area contributed by atoms with Crippen molar-refractivity contribution >= 4 is 28.3 Å². The highest BCUT2D eigenvalue weighted by Gasteiger charge is 2.16. The number of anilines is 1. The SMILES string of the molecule is COc1cc(NS(=O)(=O)CCCS)cc(OC)c1OC. The number of sulfonamides is 1. The molecule has 0 saturated carbocycles. The minimum atomic E-state index is -3.42. The fraction of sp³-hybridized carbons (Fsp3) is 0.500. The summed E-state index contributed by atoms with van der Waals surface area (Å²) in [5.74, 6) is 1.70. The summed E-state index contributed by atoms with van der Waals surface area (Å²) in [6.45, 7) is 0. The van der Waals surface area contributed by atoms with Crippen LogP contribution in [0.2, 0.25) is 0 Å². The molecule has 1 N–H and O–H groups in total. The average molecular weight is 321 g/mol. The van der Waals surface area contributed by atoms with E-state index >= 15 is 0 Å². The molecule has 20 heavy (non-hydrogen) atoms. The number of rotatable bonds is 8. The number of nitrogens with one attached hydrogen (secondary N) is 1. The minimum absolute atomic E-state index is 0.00710. The molecule has 0 bridgehead atoms. The Labute approximate surface area is 124 Å². The average Bonchev–Trinajstić information content (AvgIpc) is 2.43. The summed E-state index contributed by atoms with van der Waals surface area (Å²) in [5, 5.41) is 0. The van der Waals surface area contributed by atoms with Crippen LogP contribution in [0.25, 0.3) is 0 Å². The molecule has 1 aromatic carbocycles. The van der Waals surface area contributed by atoms with E-state index in [0.29, 0.717) is 35.1 Å². The zero-order valence-corrected chi connectivity index (χ0v) is 13.4. The molecule has 0 aliphatic carbocycles. The lowest BCUT2D eigenvalue weighted by molar-refractivity contribution is 0.325. The number of hydrogen-bond acceptors (Lipinski definition) is 6. The van der Waals surface area contributed by atoms with Crippen molar-refractivity contribution < 1.29 is 22.6 Å². The molecule has 0 atom stereocenters. The van der Waals surface area contributed by atoms with Gasteiger partial charge in [-0.25, -0.2) is 8.42 Å². The van der Waals surface area contributed by atoms with E-state index in [1.54, 1.807) is 12.1 Å². The monoisotopic (exact) mass is 321 g/mol. The summed E-state index contributed by atoms with van der Waals surface area (Å²) >= 11 is 4.00. The summed E-state index contributed by atoms with van der Waals surface area (Å²) in [5.41, 5.74) is 0.360.